The summed E-state index contributed by atoms with van der Waals surface area (Å²) in [5, 5.41) is 1.75. The minimum absolute atomic E-state index is 0.283. The molecule has 0 N–H and O–H groups in total. The Balaban J connectivity index is 1.64. The number of rotatable bonds is 7. The average Bonchev–Trinajstić information content (AvgIpc) is 3.41. The van der Waals surface area contributed by atoms with Crippen molar-refractivity contribution in [1.29, 1.82) is 0 Å². The molecule has 4 nitrogen and oxygen atoms in total. The van der Waals surface area contributed by atoms with E-state index in [2.05, 4.69) is 68.0 Å². The van der Waals surface area contributed by atoms with Gasteiger partial charge in [0.15, 0.2) is 23.0 Å². The molecule has 2 aliphatic rings. The molecule has 2 aromatic carbocycles. The first-order valence-corrected chi connectivity index (χ1v) is 12.1. The van der Waals surface area contributed by atoms with E-state index in [-0.39, 0.29) is 13.6 Å². The topological polar surface area (TPSA) is 36.9 Å². The van der Waals surface area contributed by atoms with Crippen LogP contribution in [0.4, 0.5) is 0 Å². The van der Waals surface area contributed by atoms with Crippen molar-refractivity contribution in [2.75, 3.05) is 24.2 Å². The molecule has 0 unspecified atom stereocenters. The van der Waals surface area contributed by atoms with Gasteiger partial charge in [-0.15, -0.1) is 0 Å². The standard InChI is InChI=1S/C24H22Br2O4/c25-9-2-1-3-19(11-17-4-6-21-23(13-17)29-15-27-21)20(8-10-26)12-18-5-7-22-24(14-18)30-16-28-22/h4-7,13-14H,2,8-12,15-16H2/b20-19+. The summed E-state index contributed by atoms with van der Waals surface area (Å²) in [5.74, 6) is 9.98. The number of hydrogen-bond donors (Lipinski definition) is 0. The summed E-state index contributed by atoms with van der Waals surface area (Å²) < 4.78 is 22.0. The van der Waals surface area contributed by atoms with Gasteiger partial charge in [0.2, 0.25) is 13.6 Å². The van der Waals surface area contributed by atoms with Crippen LogP contribution in [0.1, 0.15) is 24.0 Å². The van der Waals surface area contributed by atoms with E-state index in [9.17, 15) is 0 Å². The molecule has 2 heterocycles. The summed E-state index contributed by atoms with van der Waals surface area (Å²) in [5.41, 5.74) is 4.85. The first kappa shape index (κ1) is 21.1. The predicted octanol–water partition coefficient (Wildman–Crippen LogP) is 5.80. The van der Waals surface area contributed by atoms with Crippen LogP contribution in [0, 0.1) is 11.8 Å². The third-order valence-corrected chi connectivity index (χ3v) is 5.75. The highest BCUT2D eigenvalue weighted by Gasteiger charge is 2.16. The molecule has 0 saturated carbocycles. The lowest BCUT2D eigenvalue weighted by Crippen LogP contribution is -2.01. The van der Waals surface area contributed by atoms with Crippen LogP contribution in [0.25, 0.3) is 0 Å². The van der Waals surface area contributed by atoms with E-state index in [4.69, 9.17) is 18.9 Å². The second kappa shape index (κ2) is 10.3. The van der Waals surface area contributed by atoms with Gasteiger partial charge in [-0.3, -0.25) is 0 Å². The minimum Gasteiger partial charge on any atom is -0.454 e. The van der Waals surface area contributed by atoms with Crippen LogP contribution in [0.5, 0.6) is 23.0 Å². The number of allylic oxidation sites excluding steroid dienone is 2. The van der Waals surface area contributed by atoms with Gasteiger partial charge in [0.05, 0.1) is 0 Å². The molecule has 4 rings (SSSR count). The zero-order valence-corrected chi connectivity index (χ0v) is 19.7. The van der Waals surface area contributed by atoms with Crippen molar-refractivity contribution in [3.05, 3.63) is 58.7 Å². The normalized spacial score (nSPS) is 14.2. The predicted molar refractivity (Wildman–Crippen MR) is 124 cm³/mol. The maximum absolute atomic E-state index is 5.55. The zero-order valence-electron chi connectivity index (χ0n) is 16.5. The van der Waals surface area contributed by atoms with E-state index in [1.54, 1.807) is 0 Å². The van der Waals surface area contributed by atoms with Gasteiger partial charge >= 0.3 is 0 Å². The molecule has 0 amide bonds. The highest BCUT2D eigenvalue weighted by atomic mass is 79.9. The maximum atomic E-state index is 5.55. The van der Waals surface area contributed by atoms with Gasteiger partial charge in [0.1, 0.15) is 0 Å². The summed E-state index contributed by atoms with van der Waals surface area (Å²) in [7, 11) is 0. The molecule has 0 atom stereocenters. The quantitative estimate of drug-likeness (QED) is 0.333. The zero-order chi connectivity index (χ0) is 20.8. The highest BCUT2D eigenvalue weighted by molar-refractivity contribution is 9.09. The van der Waals surface area contributed by atoms with E-state index >= 15 is 0 Å². The monoisotopic (exact) mass is 532 g/mol. The first-order chi connectivity index (χ1) is 14.8. The first-order valence-electron chi connectivity index (χ1n) is 9.85. The van der Waals surface area contributed by atoms with E-state index in [0.29, 0.717) is 0 Å². The lowest BCUT2D eigenvalue weighted by Gasteiger charge is -2.12. The Hall–Kier alpha value is -2.10. The van der Waals surface area contributed by atoms with Crippen LogP contribution in [-0.4, -0.2) is 24.2 Å². The van der Waals surface area contributed by atoms with Crippen molar-refractivity contribution < 1.29 is 18.9 Å². The summed E-state index contributed by atoms with van der Waals surface area (Å²) in [6.45, 7) is 0.571. The Labute approximate surface area is 193 Å². The number of benzene rings is 2. The van der Waals surface area contributed by atoms with E-state index in [1.165, 1.54) is 16.7 Å². The Morgan fingerprint density at radius 2 is 1.37 bits per heavy atom. The number of hydrogen-bond acceptors (Lipinski definition) is 4. The van der Waals surface area contributed by atoms with Crippen molar-refractivity contribution >= 4 is 31.9 Å². The number of alkyl halides is 2. The van der Waals surface area contributed by atoms with E-state index in [0.717, 1.165) is 64.9 Å². The SMILES string of the molecule is BrCCC#C/C(Cc1ccc2c(c1)OCO2)=C(/CCBr)Cc1ccc2c(c1)OCO2. The lowest BCUT2D eigenvalue weighted by molar-refractivity contribution is 0.173. The number of halogens is 2. The molecule has 0 fully saturated rings. The van der Waals surface area contributed by atoms with Gasteiger partial charge in [0, 0.05) is 29.1 Å². The largest absolute Gasteiger partial charge is 0.454 e. The summed E-state index contributed by atoms with van der Waals surface area (Å²) >= 11 is 7.09. The van der Waals surface area contributed by atoms with Crippen LogP contribution < -0.4 is 18.9 Å². The third kappa shape index (κ3) is 5.14. The van der Waals surface area contributed by atoms with Gasteiger partial charge < -0.3 is 18.9 Å². The Bertz CT molecular complexity index is 1000. The van der Waals surface area contributed by atoms with Crippen molar-refractivity contribution in [1.82, 2.24) is 0 Å². The van der Waals surface area contributed by atoms with Crippen molar-refractivity contribution in [2.45, 2.75) is 25.7 Å². The third-order valence-electron chi connectivity index (χ3n) is 4.95. The molecule has 0 radical (unpaired) electrons. The van der Waals surface area contributed by atoms with Crippen molar-refractivity contribution in [3.8, 4) is 34.8 Å². The molecule has 2 aliphatic heterocycles. The molecule has 0 spiro atoms. The second-order valence-electron chi connectivity index (χ2n) is 6.99. The fourth-order valence-electron chi connectivity index (χ4n) is 3.49. The van der Waals surface area contributed by atoms with Crippen LogP contribution in [0.15, 0.2) is 47.5 Å². The molecular weight excluding hydrogens is 512 g/mol. The van der Waals surface area contributed by atoms with Crippen molar-refractivity contribution in [2.24, 2.45) is 0 Å². The Morgan fingerprint density at radius 3 is 1.97 bits per heavy atom. The highest BCUT2D eigenvalue weighted by Crippen LogP contribution is 2.35. The average molecular weight is 534 g/mol. The van der Waals surface area contributed by atoms with Crippen molar-refractivity contribution in [3.63, 3.8) is 0 Å². The molecule has 2 aromatic rings. The van der Waals surface area contributed by atoms with Crippen LogP contribution in [0.3, 0.4) is 0 Å². The number of fused-ring (bicyclic) bond motifs is 2. The molecule has 0 saturated heterocycles. The Morgan fingerprint density at radius 1 is 0.767 bits per heavy atom. The van der Waals surface area contributed by atoms with Gasteiger partial charge in [0.25, 0.3) is 0 Å². The maximum Gasteiger partial charge on any atom is 0.231 e. The van der Waals surface area contributed by atoms with E-state index < -0.39 is 0 Å². The molecule has 0 aromatic heterocycles. The van der Waals surface area contributed by atoms with Gasteiger partial charge in [-0.1, -0.05) is 61.4 Å². The number of ether oxygens (including phenoxy) is 4. The van der Waals surface area contributed by atoms with Crippen LogP contribution in [-0.2, 0) is 12.8 Å². The minimum atomic E-state index is 0.283. The Kier molecular flexibility index (Phi) is 7.24. The smallest absolute Gasteiger partial charge is 0.231 e. The molecule has 156 valence electrons. The van der Waals surface area contributed by atoms with Crippen LogP contribution in [0.2, 0.25) is 0 Å². The van der Waals surface area contributed by atoms with Crippen LogP contribution >= 0.6 is 31.9 Å². The molecule has 0 bridgehead atoms. The van der Waals surface area contributed by atoms with Gasteiger partial charge in [-0.25, -0.2) is 0 Å². The molecular formula is C24H22Br2O4. The summed E-state index contributed by atoms with van der Waals surface area (Å²) in [4.78, 5) is 0. The fraction of sp³-hybridized carbons (Fsp3) is 0.333. The molecule has 30 heavy (non-hydrogen) atoms. The summed E-state index contributed by atoms with van der Waals surface area (Å²) in [6, 6.07) is 12.3. The second-order valence-corrected chi connectivity index (χ2v) is 8.58. The summed E-state index contributed by atoms with van der Waals surface area (Å²) in [6.07, 6.45) is 3.33. The lowest BCUT2D eigenvalue weighted by atomic mass is 9.93. The molecule has 0 aliphatic carbocycles. The van der Waals surface area contributed by atoms with E-state index in [1.807, 2.05) is 12.1 Å². The van der Waals surface area contributed by atoms with Gasteiger partial charge in [-0.05, 0) is 48.2 Å². The molecule has 6 heteroatoms. The van der Waals surface area contributed by atoms with Gasteiger partial charge in [-0.2, -0.15) is 0 Å². The fourth-order valence-corrected chi connectivity index (χ4v) is 4.16.